The summed E-state index contributed by atoms with van der Waals surface area (Å²) in [6, 6.07) is 0. The molecular weight excluding hydrogens is 182 g/mol. The van der Waals surface area contributed by atoms with E-state index in [1.807, 2.05) is 0 Å². The van der Waals surface area contributed by atoms with E-state index in [4.69, 9.17) is 9.84 Å². The molecule has 0 heterocycles. The van der Waals surface area contributed by atoms with Gasteiger partial charge in [-0.25, -0.2) is 0 Å². The number of hydrogen-bond acceptors (Lipinski definition) is 3. The van der Waals surface area contributed by atoms with Crippen molar-refractivity contribution in [3.63, 3.8) is 0 Å². The summed E-state index contributed by atoms with van der Waals surface area (Å²) in [7, 11) is 1.66. The molecule has 0 radical (unpaired) electrons. The average molecular weight is 201 g/mol. The number of carboxylic acid groups (broad SMARTS) is 1. The third-order valence-corrected chi connectivity index (χ3v) is 1.85. The highest BCUT2D eigenvalue weighted by molar-refractivity contribution is 5.66. The lowest BCUT2D eigenvalue weighted by Gasteiger charge is -2.19. The maximum Gasteiger partial charge on any atom is 0.304 e. The van der Waals surface area contributed by atoms with E-state index in [0.717, 1.165) is 19.5 Å². The topological polar surface area (TPSA) is 49.8 Å². The van der Waals surface area contributed by atoms with Crippen LogP contribution in [0.25, 0.3) is 0 Å². The second kappa shape index (κ2) is 8.72. The molecule has 0 spiro atoms. The molecular formula is C10H19NO3. The summed E-state index contributed by atoms with van der Waals surface area (Å²) < 4.78 is 4.93. The molecule has 0 aromatic rings. The van der Waals surface area contributed by atoms with Gasteiger partial charge >= 0.3 is 5.97 Å². The van der Waals surface area contributed by atoms with Crippen LogP contribution in [0.2, 0.25) is 0 Å². The Labute approximate surface area is 85.2 Å². The van der Waals surface area contributed by atoms with Crippen LogP contribution in [-0.4, -0.2) is 49.3 Å². The van der Waals surface area contributed by atoms with E-state index < -0.39 is 5.97 Å². The van der Waals surface area contributed by atoms with E-state index in [1.165, 1.54) is 0 Å². The van der Waals surface area contributed by atoms with E-state index >= 15 is 0 Å². The Hall–Kier alpha value is -0.870. The maximum absolute atomic E-state index is 10.4. The zero-order chi connectivity index (χ0) is 10.8. The number of methoxy groups -OCH3 is 1. The first kappa shape index (κ1) is 13.1. The van der Waals surface area contributed by atoms with Crippen LogP contribution in [0.3, 0.4) is 0 Å². The molecule has 82 valence electrons. The van der Waals surface area contributed by atoms with Crippen LogP contribution >= 0.6 is 0 Å². The summed E-state index contributed by atoms with van der Waals surface area (Å²) in [5, 5.41) is 8.52. The Bertz CT molecular complexity index is 171. The Morgan fingerprint density at radius 2 is 2.29 bits per heavy atom. The Morgan fingerprint density at radius 1 is 1.57 bits per heavy atom. The van der Waals surface area contributed by atoms with E-state index in [0.29, 0.717) is 13.2 Å². The van der Waals surface area contributed by atoms with Gasteiger partial charge in [0.2, 0.25) is 0 Å². The number of nitrogens with zero attached hydrogens (tertiary/aromatic N) is 1. The second-order valence-electron chi connectivity index (χ2n) is 3.08. The number of rotatable bonds is 9. The van der Waals surface area contributed by atoms with Crippen molar-refractivity contribution < 1.29 is 14.6 Å². The van der Waals surface area contributed by atoms with Gasteiger partial charge in [-0.05, 0) is 6.42 Å². The summed E-state index contributed by atoms with van der Waals surface area (Å²) in [6.45, 7) is 6.51. The third kappa shape index (κ3) is 7.76. The molecule has 0 rings (SSSR count). The molecule has 0 aliphatic carbocycles. The van der Waals surface area contributed by atoms with E-state index in [-0.39, 0.29) is 6.42 Å². The number of carbonyl (C=O) groups is 1. The molecule has 0 bridgehead atoms. The summed E-state index contributed by atoms with van der Waals surface area (Å²) in [5.74, 6) is -0.759. The van der Waals surface area contributed by atoms with Gasteiger partial charge in [0, 0.05) is 33.4 Å². The Morgan fingerprint density at radius 3 is 2.79 bits per heavy atom. The molecule has 14 heavy (non-hydrogen) atoms. The van der Waals surface area contributed by atoms with Crippen LogP contribution in [0.4, 0.5) is 0 Å². The molecule has 4 heteroatoms. The first-order valence-corrected chi connectivity index (χ1v) is 4.74. The monoisotopic (exact) mass is 201 g/mol. The quantitative estimate of drug-likeness (QED) is 0.446. The SMILES string of the molecule is C=CCN(CCCOC)CCC(=O)O. The van der Waals surface area contributed by atoms with Gasteiger partial charge in [-0.15, -0.1) is 6.58 Å². The van der Waals surface area contributed by atoms with E-state index in [9.17, 15) is 4.79 Å². The molecule has 0 unspecified atom stereocenters. The number of ether oxygens (including phenoxy) is 1. The van der Waals surface area contributed by atoms with Crippen molar-refractivity contribution in [2.75, 3.05) is 33.4 Å². The van der Waals surface area contributed by atoms with Crippen molar-refractivity contribution in [2.45, 2.75) is 12.8 Å². The van der Waals surface area contributed by atoms with Gasteiger partial charge in [0.1, 0.15) is 0 Å². The Kier molecular flexibility index (Phi) is 8.17. The first-order chi connectivity index (χ1) is 6.70. The summed E-state index contributed by atoms with van der Waals surface area (Å²) >= 11 is 0. The fourth-order valence-corrected chi connectivity index (χ4v) is 1.16. The van der Waals surface area contributed by atoms with Gasteiger partial charge in [-0.2, -0.15) is 0 Å². The van der Waals surface area contributed by atoms with Gasteiger partial charge in [-0.3, -0.25) is 9.69 Å². The van der Waals surface area contributed by atoms with Crippen LogP contribution in [0.1, 0.15) is 12.8 Å². The van der Waals surface area contributed by atoms with Crippen LogP contribution < -0.4 is 0 Å². The predicted octanol–water partition coefficient (Wildman–Crippen LogP) is 0.986. The molecule has 4 nitrogen and oxygen atoms in total. The smallest absolute Gasteiger partial charge is 0.304 e. The molecule has 0 saturated heterocycles. The number of carboxylic acids is 1. The summed E-state index contributed by atoms with van der Waals surface area (Å²) in [5.41, 5.74) is 0. The highest BCUT2D eigenvalue weighted by Gasteiger charge is 2.05. The first-order valence-electron chi connectivity index (χ1n) is 4.74. The fourth-order valence-electron chi connectivity index (χ4n) is 1.16. The molecule has 0 aromatic heterocycles. The average Bonchev–Trinajstić information content (AvgIpc) is 2.14. The molecule has 0 aliphatic heterocycles. The van der Waals surface area contributed by atoms with Gasteiger partial charge < -0.3 is 9.84 Å². The van der Waals surface area contributed by atoms with Crippen molar-refractivity contribution in [2.24, 2.45) is 0 Å². The van der Waals surface area contributed by atoms with Crippen LogP contribution in [0.5, 0.6) is 0 Å². The van der Waals surface area contributed by atoms with Gasteiger partial charge in [0.05, 0.1) is 6.42 Å². The predicted molar refractivity (Wildman–Crippen MR) is 55.4 cm³/mol. The van der Waals surface area contributed by atoms with Crippen LogP contribution in [-0.2, 0) is 9.53 Å². The molecule has 0 atom stereocenters. The summed E-state index contributed by atoms with van der Waals surface area (Å²) in [6.07, 6.45) is 2.89. The zero-order valence-corrected chi connectivity index (χ0v) is 8.74. The zero-order valence-electron chi connectivity index (χ0n) is 8.74. The maximum atomic E-state index is 10.4. The van der Waals surface area contributed by atoms with Gasteiger partial charge in [0.25, 0.3) is 0 Å². The van der Waals surface area contributed by atoms with Gasteiger partial charge in [-0.1, -0.05) is 6.08 Å². The minimum absolute atomic E-state index is 0.181. The fraction of sp³-hybridized carbons (Fsp3) is 0.700. The minimum atomic E-state index is -0.759. The molecule has 0 saturated carbocycles. The highest BCUT2D eigenvalue weighted by Crippen LogP contribution is 1.95. The molecule has 0 amide bonds. The number of hydrogen-bond donors (Lipinski definition) is 1. The molecule has 0 aromatic carbocycles. The van der Waals surface area contributed by atoms with Gasteiger partial charge in [0.15, 0.2) is 0 Å². The van der Waals surface area contributed by atoms with Crippen LogP contribution in [0, 0.1) is 0 Å². The van der Waals surface area contributed by atoms with Crippen molar-refractivity contribution in [1.29, 1.82) is 0 Å². The van der Waals surface area contributed by atoms with Crippen molar-refractivity contribution in [3.05, 3.63) is 12.7 Å². The largest absolute Gasteiger partial charge is 0.481 e. The lowest BCUT2D eigenvalue weighted by Crippen LogP contribution is -2.28. The third-order valence-electron chi connectivity index (χ3n) is 1.85. The van der Waals surface area contributed by atoms with Crippen LogP contribution in [0.15, 0.2) is 12.7 Å². The van der Waals surface area contributed by atoms with E-state index in [2.05, 4.69) is 11.5 Å². The normalized spacial score (nSPS) is 10.4. The minimum Gasteiger partial charge on any atom is -0.481 e. The van der Waals surface area contributed by atoms with E-state index in [1.54, 1.807) is 13.2 Å². The summed E-state index contributed by atoms with van der Waals surface area (Å²) in [4.78, 5) is 12.4. The highest BCUT2D eigenvalue weighted by atomic mass is 16.5. The van der Waals surface area contributed by atoms with Crippen molar-refractivity contribution in [1.82, 2.24) is 4.90 Å². The lowest BCUT2D eigenvalue weighted by molar-refractivity contribution is -0.137. The standard InChI is InChI=1S/C10H19NO3/c1-3-6-11(7-4-9-14-2)8-5-10(12)13/h3H,1,4-9H2,2H3,(H,12,13). The molecule has 0 aliphatic rings. The van der Waals surface area contributed by atoms with Crippen molar-refractivity contribution in [3.8, 4) is 0 Å². The molecule has 1 N–H and O–H groups in total. The molecule has 0 fully saturated rings. The number of aliphatic carboxylic acids is 1. The van der Waals surface area contributed by atoms with Crippen molar-refractivity contribution >= 4 is 5.97 Å². The Balaban J connectivity index is 3.64. The second-order valence-corrected chi connectivity index (χ2v) is 3.08. The lowest BCUT2D eigenvalue weighted by atomic mass is 10.3.